The lowest BCUT2D eigenvalue weighted by molar-refractivity contribution is -0.135. The van der Waals surface area contributed by atoms with E-state index in [2.05, 4.69) is 34.5 Å². The minimum Gasteiger partial charge on any atom is -0.342 e. The number of aromatic amines is 1. The predicted octanol–water partition coefficient (Wildman–Crippen LogP) is 3.84. The molecule has 29 heavy (non-hydrogen) atoms. The molecule has 7 nitrogen and oxygen atoms in total. The largest absolute Gasteiger partial charge is 0.342 e. The van der Waals surface area contributed by atoms with Crippen molar-refractivity contribution >= 4 is 23.2 Å². The highest BCUT2D eigenvalue weighted by atomic mass is 16.2. The molecule has 3 aromatic rings. The molecule has 1 aromatic carbocycles. The van der Waals surface area contributed by atoms with E-state index in [0.717, 1.165) is 41.8 Å². The third kappa shape index (κ3) is 3.24. The van der Waals surface area contributed by atoms with E-state index in [0.29, 0.717) is 0 Å². The summed E-state index contributed by atoms with van der Waals surface area (Å²) in [6, 6.07) is 8.05. The van der Waals surface area contributed by atoms with E-state index in [1.807, 2.05) is 49.0 Å². The highest BCUT2D eigenvalue weighted by molar-refractivity contribution is 5.86. The maximum atomic E-state index is 13.1. The fourth-order valence-electron chi connectivity index (χ4n) is 4.43. The van der Waals surface area contributed by atoms with Crippen LogP contribution in [0.3, 0.4) is 0 Å². The SMILES string of the molecule is CCn1cc(C=NNC(=O)C2(C)CCC(c3nc4ccccc4[nH]3)C2(C)C)cn1. The maximum Gasteiger partial charge on any atom is 0.246 e. The molecule has 2 N–H and O–H groups in total. The lowest BCUT2D eigenvalue weighted by Gasteiger charge is -2.39. The molecule has 2 unspecified atom stereocenters. The first-order chi connectivity index (χ1) is 13.8. The molecule has 2 atom stereocenters. The van der Waals surface area contributed by atoms with Crippen molar-refractivity contribution in [3.05, 3.63) is 48.0 Å². The molecular weight excluding hydrogens is 364 g/mol. The standard InChI is InChI=1S/C22H28N6O/c1-5-28-14-15(13-24-28)12-23-27-20(29)22(4)11-10-16(21(22,2)3)19-25-17-8-6-7-9-18(17)26-19/h6-9,12-14,16H,5,10-11H2,1-4H3,(H,25,26)(H,27,29). The van der Waals surface area contributed by atoms with E-state index in [9.17, 15) is 4.79 Å². The Balaban J connectivity index is 1.51. The zero-order valence-corrected chi connectivity index (χ0v) is 17.4. The van der Waals surface area contributed by atoms with Gasteiger partial charge in [-0.2, -0.15) is 10.2 Å². The van der Waals surface area contributed by atoms with Gasteiger partial charge >= 0.3 is 0 Å². The van der Waals surface area contributed by atoms with E-state index in [-0.39, 0.29) is 17.2 Å². The van der Waals surface area contributed by atoms with Gasteiger partial charge in [0.2, 0.25) is 5.91 Å². The van der Waals surface area contributed by atoms with E-state index < -0.39 is 5.41 Å². The van der Waals surface area contributed by atoms with Gasteiger partial charge in [-0.3, -0.25) is 9.48 Å². The number of H-pyrrole nitrogens is 1. The Kier molecular flexibility index (Phi) is 4.76. The lowest BCUT2D eigenvalue weighted by atomic mass is 9.65. The molecule has 2 heterocycles. The molecule has 152 valence electrons. The zero-order chi connectivity index (χ0) is 20.6. The summed E-state index contributed by atoms with van der Waals surface area (Å²) >= 11 is 0. The Morgan fingerprint density at radius 2 is 2.17 bits per heavy atom. The summed E-state index contributed by atoms with van der Waals surface area (Å²) in [5.74, 6) is 1.08. The van der Waals surface area contributed by atoms with Crippen LogP contribution < -0.4 is 5.43 Å². The van der Waals surface area contributed by atoms with Gasteiger partial charge in [-0.05, 0) is 37.3 Å². The third-order valence-electron chi connectivity index (χ3n) is 6.82. The average Bonchev–Trinajstić information content (AvgIpc) is 3.38. The first kappa shape index (κ1) is 19.4. The van der Waals surface area contributed by atoms with Crippen molar-refractivity contribution in [1.29, 1.82) is 0 Å². The van der Waals surface area contributed by atoms with Crippen LogP contribution >= 0.6 is 0 Å². The highest BCUT2D eigenvalue weighted by Crippen LogP contribution is 2.59. The minimum absolute atomic E-state index is 0.0553. The van der Waals surface area contributed by atoms with Crippen molar-refractivity contribution in [2.45, 2.75) is 53.0 Å². The number of para-hydroxylation sites is 2. The number of aryl methyl sites for hydroxylation is 1. The second-order valence-electron chi connectivity index (χ2n) is 8.61. The lowest BCUT2D eigenvalue weighted by Crippen LogP contribution is -2.45. The number of hydrogen-bond acceptors (Lipinski definition) is 4. The summed E-state index contributed by atoms with van der Waals surface area (Å²) in [6.45, 7) is 9.18. The molecular formula is C22H28N6O. The van der Waals surface area contributed by atoms with Crippen LogP contribution in [0.1, 0.15) is 57.8 Å². The summed E-state index contributed by atoms with van der Waals surface area (Å²) in [6.07, 6.45) is 6.96. The summed E-state index contributed by atoms with van der Waals surface area (Å²) in [5, 5.41) is 8.39. The number of amides is 1. The first-order valence-corrected chi connectivity index (χ1v) is 10.2. The number of hydrazone groups is 1. The van der Waals surface area contributed by atoms with E-state index in [4.69, 9.17) is 4.98 Å². The van der Waals surface area contributed by atoms with Gasteiger partial charge in [-0.25, -0.2) is 10.4 Å². The predicted molar refractivity (Wildman–Crippen MR) is 114 cm³/mol. The molecule has 4 rings (SSSR count). The van der Waals surface area contributed by atoms with Crippen molar-refractivity contribution < 1.29 is 4.79 Å². The van der Waals surface area contributed by atoms with Crippen LogP contribution in [0.15, 0.2) is 41.8 Å². The van der Waals surface area contributed by atoms with Crippen LogP contribution in [-0.4, -0.2) is 31.9 Å². The molecule has 0 spiro atoms. The Bertz CT molecular complexity index is 1030. The number of rotatable bonds is 5. The van der Waals surface area contributed by atoms with Crippen LogP contribution in [0.2, 0.25) is 0 Å². The maximum absolute atomic E-state index is 13.1. The van der Waals surface area contributed by atoms with Crippen molar-refractivity contribution in [2.75, 3.05) is 0 Å². The number of benzene rings is 1. The van der Waals surface area contributed by atoms with Crippen LogP contribution in [-0.2, 0) is 11.3 Å². The van der Waals surface area contributed by atoms with E-state index in [1.54, 1.807) is 12.4 Å². The van der Waals surface area contributed by atoms with Gasteiger partial charge in [0.15, 0.2) is 0 Å². The summed E-state index contributed by atoms with van der Waals surface area (Å²) in [5.41, 5.74) is 4.81. The summed E-state index contributed by atoms with van der Waals surface area (Å²) in [4.78, 5) is 21.4. The monoisotopic (exact) mass is 392 g/mol. The topological polar surface area (TPSA) is 88.0 Å². The van der Waals surface area contributed by atoms with Crippen molar-refractivity contribution in [2.24, 2.45) is 15.9 Å². The normalized spacial score (nSPS) is 23.8. The molecule has 7 heteroatoms. The van der Waals surface area contributed by atoms with Gasteiger partial charge in [0.25, 0.3) is 0 Å². The number of hydrogen-bond donors (Lipinski definition) is 2. The molecule has 2 aromatic heterocycles. The second kappa shape index (κ2) is 7.13. The van der Waals surface area contributed by atoms with Gasteiger partial charge in [-0.15, -0.1) is 0 Å². The molecule has 1 aliphatic rings. The third-order valence-corrected chi connectivity index (χ3v) is 6.82. The molecule has 1 saturated carbocycles. The van der Waals surface area contributed by atoms with Crippen molar-refractivity contribution in [1.82, 2.24) is 25.2 Å². The van der Waals surface area contributed by atoms with Crippen LogP contribution in [0.4, 0.5) is 0 Å². The quantitative estimate of drug-likeness (QED) is 0.511. The highest BCUT2D eigenvalue weighted by Gasteiger charge is 2.57. The summed E-state index contributed by atoms with van der Waals surface area (Å²) < 4.78 is 1.82. The minimum atomic E-state index is -0.540. The van der Waals surface area contributed by atoms with Crippen LogP contribution in [0.5, 0.6) is 0 Å². The number of nitrogens with zero attached hydrogens (tertiary/aromatic N) is 4. The van der Waals surface area contributed by atoms with Crippen LogP contribution in [0, 0.1) is 10.8 Å². The number of imidazole rings is 1. The van der Waals surface area contributed by atoms with E-state index >= 15 is 0 Å². The number of fused-ring (bicyclic) bond motifs is 1. The average molecular weight is 393 g/mol. The molecule has 0 bridgehead atoms. The van der Waals surface area contributed by atoms with Gasteiger partial charge in [0.1, 0.15) is 5.82 Å². The fraction of sp³-hybridized carbons (Fsp3) is 0.455. The molecule has 1 aliphatic carbocycles. The first-order valence-electron chi connectivity index (χ1n) is 10.2. The van der Waals surface area contributed by atoms with Gasteiger partial charge in [0.05, 0.1) is 28.9 Å². The molecule has 0 saturated heterocycles. The second-order valence-corrected chi connectivity index (χ2v) is 8.61. The van der Waals surface area contributed by atoms with Crippen LogP contribution in [0.25, 0.3) is 11.0 Å². The van der Waals surface area contributed by atoms with Gasteiger partial charge in [-0.1, -0.05) is 32.9 Å². The Hall–Kier alpha value is -2.96. The Labute approximate surface area is 170 Å². The Morgan fingerprint density at radius 1 is 1.38 bits per heavy atom. The molecule has 0 aliphatic heterocycles. The Morgan fingerprint density at radius 3 is 2.90 bits per heavy atom. The smallest absolute Gasteiger partial charge is 0.246 e. The zero-order valence-electron chi connectivity index (χ0n) is 17.4. The number of carbonyl (C=O) groups is 1. The molecule has 0 radical (unpaired) electrons. The number of carbonyl (C=O) groups excluding carboxylic acids is 1. The number of aromatic nitrogens is 4. The van der Waals surface area contributed by atoms with Crippen molar-refractivity contribution in [3.63, 3.8) is 0 Å². The van der Waals surface area contributed by atoms with Gasteiger partial charge < -0.3 is 4.98 Å². The number of nitrogens with one attached hydrogen (secondary N) is 2. The molecule has 1 fully saturated rings. The van der Waals surface area contributed by atoms with Gasteiger partial charge in [0, 0.05) is 24.2 Å². The van der Waals surface area contributed by atoms with Crippen molar-refractivity contribution in [3.8, 4) is 0 Å². The summed E-state index contributed by atoms with van der Waals surface area (Å²) in [7, 11) is 0. The van der Waals surface area contributed by atoms with E-state index in [1.165, 1.54) is 0 Å². The molecule has 1 amide bonds. The fourth-order valence-corrected chi connectivity index (χ4v) is 4.43.